The van der Waals surface area contributed by atoms with E-state index in [1.165, 1.54) is 11.5 Å². The molecule has 0 aromatic heterocycles. The molecular formula is C10H24N2S. The van der Waals surface area contributed by atoms with Crippen LogP contribution in [0.15, 0.2) is 0 Å². The molecule has 0 amide bonds. The molecule has 0 rings (SSSR count). The molecule has 0 aromatic carbocycles. The van der Waals surface area contributed by atoms with Gasteiger partial charge < -0.3 is 10.2 Å². The molecular weight excluding hydrogens is 180 g/mol. The van der Waals surface area contributed by atoms with Crippen LogP contribution >= 0.6 is 11.8 Å². The van der Waals surface area contributed by atoms with Crippen molar-refractivity contribution < 1.29 is 0 Å². The average molecular weight is 204 g/mol. The van der Waals surface area contributed by atoms with Crippen LogP contribution in [-0.4, -0.2) is 50.1 Å². The van der Waals surface area contributed by atoms with E-state index in [9.17, 15) is 0 Å². The molecule has 0 spiro atoms. The van der Waals surface area contributed by atoms with Gasteiger partial charge in [-0.2, -0.15) is 11.8 Å². The second kappa shape index (κ2) is 8.85. The summed E-state index contributed by atoms with van der Waals surface area (Å²) in [6, 6.07) is 0. The Bertz CT molecular complexity index is 93.1. The van der Waals surface area contributed by atoms with E-state index in [0.717, 1.165) is 25.6 Å². The zero-order valence-electron chi connectivity index (χ0n) is 9.47. The van der Waals surface area contributed by atoms with Gasteiger partial charge in [0.15, 0.2) is 0 Å². The first-order valence-corrected chi connectivity index (χ1v) is 6.21. The lowest BCUT2D eigenvalue weighted by Crippen LogP contribution is -2.28. The molecule has 0 saturated heterocycles. The number of hydrogen-bond acceptors (Lipinski definition) is 3. The highest BCUT2D eigenvalue weighted by Crippen LogP contribution is 2.05. The molecule has 80 valence electrons. The standard InChI is InChI=1S/C10H24N2S/c1-10(2)9-13-8-6-11-5-7-12(3)4/h10-11H,5-9H2,1-4H3. The highest BCUT2D eigenvalue weighted by Gasteiger charge is 1.94. The fourth-order valence-corrected chi connectivity index (χ4v) is 1.82. The van der Waals surface area contributed by atoms with Gasteiger partial charge in [0, 0.05) is 25.4 Å². The summed E-state index contributed by atoms with van der Waals surface area (Å²) < 4.78 is 0. The van der Waals surface area contributed by atoms with Crippen LogP contribution in [0.25, 0.3) is 0 Å². The van der Waals surface area contributed by atoms with Crippen LogP contribution in [0.3, 0.4) is 0 Å². The zero-order valence-corrected chi connectivity index (χ0v) is 10.3. The Balaban J connectivity index is 2.92. The Morgan fingerprint density at radius 2 is 1.92 bits per heavy atom. The van der Waals surface area contributed by atoms with Gasteiger partial charge in [0.1, 0.15) is 0 Å². The summed E-state index contributed by atoms with van der Waals surface area (Å²) in [5.74, 6) is 3.35. The van der Waals surface area contributed by atoms with Crippen molar-refractivity contribution in [3.63, 3.8) is 0 Å². The predicted molar refractivity (Wildman–Crippen MR) is 63.6 cm³/mol. The number of thioether (sulfide) groups is 1. The smallest absolute Gasteiger partial charge is 0.0101 e. The normalized spacial score (nSPS) is 11.5. The first kappa shape index (κ1) is 13.3. The maximum absolute atomic E-state index is 3.43. The Morgan fingerprint density at radius 1 is 1.23 bits per heavy atom. The summed E-state index contributed by atoms with van der Waals surface area (Å²) in [6.07, 6.45) is 0. The predicted octanol–water partition coefficient (Wildman–Crippen LogP) is 1.53. The van der Waals surface area contributed by atoms with E-state index in [-0.39, 0.29) is 0 Å². The largest absolute Gasteiger partial charge is 0.315 e. The van der Waals surface area contributed by atoms with Gasteiger partial charge in [-0.05, 0) is 25.8 Å². The van der Waals surface area contributed by atoms with Gasteiger partial charge in [-0.1, -0.05) is 13.8 Å². The third kappa shape index (κ3) is 12.3. The van der Waals surface area contributed by atoms with Gasteiger partial charge in [-0.3, -0.25) is 0 Å². The fourth-order valence-electron chi connectivity index (χ4n) is 0.891. The number of nitrogens with zero attached hydrogens (tertiary/aromatic N) is 1. The molecule has 0 aliphatic rings. The summed E-state index contributed by atoms with van der Waals surface area (Å²) in [5.41, 5.74) is 0. The lowest BCUT2D eigenvalue weighted by molar-refractivity contribution is 0.403. The first-order chi connectivity index (χ1) is 6.13. The summed E-state index contributed by atoms with van der Waals surface area (Å²) in [5, 5.41) is 3.43. The molecule has 13 heavy (non-hydrogen) atoms. The first-order valence-electron chi connectivity index (χ1n) is 5.06. The minimum atomic E-state index is 0.826. The summed E-state index contributed by atoms with van der Waals surface area (Å²) in [7, 11) is 4.21. The van der Waals surface area contributed by atoms with Gasteiger partial charge in [0.25, 0.3) is 0 Å². The molecule has 0 radical (unpaired) electrons. The summed E-state index contributed by atoms with van der Waals surface area (Å²) in [6.45, 7) is 7.92. The minimum absolute atomic E-state index is 0.826. The highest BCUT2D eigenvalue weighted by atomic mass is 32.2. The van der Waals surface area contributed by atoms with Crippen LogP contribution in [-0.2, 0) is 0 Å². The van der Waals surface area contributed by atoms with Crippen molar-refractivity contribution in [1.82, 2.24) is 10.2 Å². The van der Waals surface area contributed by atoms with Crippen LogP contribution in [0, 0.1) is 5.92 Å². The van der Waals surface area contributed by atoms with Crippen molar-refractivity contribution in [2.24, 2.45) is 5.92 Å². The Morgan fingerprint density at radius 3 is 2.46 bits per heavy atom. The monoisotopic (exact) mass is 204 g/mol. The Kier molecular flexibility index (Phi) is 9.03. The second-order valence-electron chi connectivity index (χ2n) is 4.02. The molecule has 2 nitrogen and oxygen atoms in total. The molecule has 0 atom stereocenters. The van der Waals surface area contributed by atoms with E-state index < -0.39 is 0 Å². The van der Waals surface area contributed by atoms with Crippen LogP contribution < -0.4 is 5.32 Å². The van der Waals surface area contributed by atoms with E-state index in [4.69, 9.17) is 0 Å². The highest BCUT2D eigenvalue weighted by molar-refractivity contribution is 7.99. The number of hydrogen-bond donors (Lipinski definition) is 1. The summed E-state index contributed by atoms with van der Waals surface area (Å²) >= 11 is 2.04. The van der Waals surface area contributed by atoms with E-state index in [1.807, 2.05) is 11.8 Å². The fraction of sp³-hybridized carbons (Fsp3) is 1.00. The van der Waals surface area contributed by atoms with E-state index in [2.05, 4.69) is 38.2 Å². The zero-order chi connectivity index (χ0) is 10.1. The molecule has 0 fully saturated rings. The van der Waals surface area contributed by atoms with Crippen LogP contribution in [0.2, 0.25) is 0 Å². The van der Waals surface area contributed by atoms with Crippen LogP contribution in [0.1, 0.15) is 13.8 Å². The third-order valence-corrected chi connectivity index (χ3v) is 3.01. The number of likely N-dealkylation sites (N-methyl/N-ethyl adjacent to an activating group) is 1. The number of nitrogens with one attached hydrogen (secondary N) is 1. The van der Waals surface area contributed by atoms with Gasteiger partial charge in [0.2, 0.25) is 0 Å². The van der Waals surface area contributed by atoms with Crippen molar-refractivity contribution in [3.8, 4) is 0 Å². The SMILES string of the molecule is CC(C)CSCCNCCN(C)C. The topological polar surface area (TPSA) is 15.3 Å². The Hall–Kier alpha value is 0.270. The number of rotatable bonds is 8. The molecule has 0 aliphatic heterocycles. The van der Waals surface area contributed by atoms with Crippen molar-refractivity contribution in [2.75, 3.05) is 45.2 Å². The maximum atomic E-state index is 3.43. The quantitative estimate of drug-likeness (QED) is 0.604. The van der Waals surface area contributed by atoms with Gasteiger partial charge in [-0.15, -0.1) is 0 Å². The molecule has 0 unspecified atom stereocenters. The molecule has 0 aromatic rings. The summed E-state index contributed by atoms with van der Waals surface area (Å²) in [4.78, 5) is 2.20. The molecule has 0 aliphatic carbocycles. The molecule has 0 heterocycles. The van der Waals surface area contributed by atoms with E-state index in [1.54, 1.807) is 0 Å². The minimum Gasteiger partial charge on any atom is -0.315 e. The van der Waals surface area contributed by atoms with Gasteiger partial charge in [0.05, 0.1) is 0 Å². The van der Waals surface area contributed by atoms with Crippen molar-refractivity contribution >= 4 is 11.8 Å². The second-order valence-corrected chi connectivity index (χ2v) is 5.17. The molecule has 0 bridgehead atoms. The van der Waals surface area contributed by atoms with Crippen molar-refractivity contribution in [1.29, 1.82) is 0 Å². The average Bonchev–Trinajstić information content (AvgIpc) is 2.01. The van der Waals surface area contributed by atoms with Crippen molar-refractivity contribution in [3.05, 3.63) is 0 Å². The third-order valence-electron chi connectivity index (χ3n) is 1.61. The van der Waals surface area contributed by atoms with Crippen molar-refractivity contribution in [2.45, 2.75) is 13.8 Å². The van der Waals surface area contributed by atoms with Crippen LogP contribution in [0.5, 0.6) is 0 Å². The van der Waals surface area contributed by atoms with E-state index >= 15 is 0 Å². The van der Waals surface area contributed by atoms with Gasteiger partial charge in [-0.25, -0.2) is 0 Å². The Labute approximate surface area is 87.5 Å². The van der Waals surface area contributed by atoms with Crippen LogP contribution in [0.4, 0.5) is 0 Å². The van der Waals surface area contributed by atoms with Gasteiger partial charge >= 0.3 is 0 Å². The lowest BCUT2D eigenvalue weighted by atomic mass is 10.3. The van der Waals surface area contributed by atoms with E-state index in [0.29, 0.717) is 0 Å². The maximum Gasteiger partial charge on any atom is 0.0101 e. The molecule has 0 saturated carbocycles. The lowest BCUT2D eigenvalue weighted by Gasteiger charge is -2.10. The molecule has 1 N–H and O–H groups in total. The molecule has 3 heteroatoms.